The lowest BCUT2D eigenvalue weighted by molar-refractivity contribution is -0.117. The second-order valence-electron chi connectivity index (χ2n) is 7.92. The smallest absolute Gasteiger partial charge is 0.249 e. The van der Waals surface area contributed by atoms with E-state index in [9.17, 15) is 4.79 Å². The van der Waals surface area contributed by atoms with Crippen molar-refractivity contribution >= 4 is 28.9 Å². The third-order valence-corrected chi connectivity index (χ3v) is 6.14. The summed E-state index contributed by atoms with van der Waals surface area (Å²) in [4.78, 5) is 18.1. The molecule has 3 aromatic rings. The summed E-state index contributed by atoms with van der Waals surface area (Å²) in [6.45, 7) is 4.33. The van der Waals surface area contributed by atoms with E-state index in [1.165, 1.54) is 11.1 Å². The van der Waals surface area contributed by atoms with Crippen LogP contribution in [0.5, 0.6) is 5.75 Å². The zero-order valence-electron chi connectivity index (χ0n) is 18.6. The molecule has 0 spiro atoms. The highest BCUT2D eigenvalue weighted by atomic mass is 35.5. The van der Waals surface area contributed by atoms with Crippen molar-refractivity contribution in [1.82, 2.24) is 0 Å². The highest BCUT2D eigenvalue weighted by Gasteiger charge is 2.26. The van der Waals surface area contributed by atoms with Crippen molar-refractivity contribution in [3.05, 3.63) is 93.5 Å². The summed E-state index contributed by atoms with van der Waals surface area (Å²) in [6.07, 6.45) is 2.51. The fourth-order valence-electron chi connectivity index (χ4n) is 4.14. The predicted molar refractivity (Wildman–Crippen MR) is 131 cm³/mol. The summed E-state index contributed by atoms with van der Waals surface area (Å²) < 4.78 is 5.30. The van der Waals surface area contributed by atoms with Crippen LogP contribution in [-0.2, 0) is 24.1 Å². The van der Waals surface area contributed by atoms with E-state index in [-0.39, 0.29) is 5.91 Å². The number of carbonyl (C=O) groups is 1. The van der Waals surface area contributed by atoms with Crippen molar-refractivity contribution in [3.8, 4) is 5.75 Å². The van der Waals surface area contributed by atoms with E-state index in [4.69, 9.17) is 21.3 Å². The summed E-state index contributed by atoms with van der Waals surface area (Å²) in [5.41, 5.74) is 6.97. The Morgan fingerprint density at radius 2 is 1.72 bits per heavy atom. The molecule has 1 heterocycles. The maximum atomic E-state index is 13.2. The summed E-state index contributed by atoms with van der Waals surface area (Å²) in [6, 6.07) is 19.1. The number of hydrogen-bond acceptors (Lipinski definition) is 3. The van der Waals surface area contributed by atoms with Gasteiger partial charge in [0, 0.05) is 22.6 Å². The van der Waals surface area contributed by atoms with E-state index in [0.717, 1.165) is 41.0 Å². The summed E-state index contributed by atoms with van der Waals surface area (Å²) >= 11 is 6.31. The number of benzene rings is 3. The lowest BCUT2D eigenvalue weighted by Gasteiger charge is -2.14. The van der Waals surface area contributed by atoms with Crippen molar-refractivity contribution in [1.29, 1.82) is 0 Å². The molecule has 164 valence electrons. The number of rotatable bonds is 6. The van der Waals surface area contributed by atoms with Crippen molar-refractivity contribution < 1.29 is 9.53 Å². The molecule has 0 fully saturated rings. The third-order valence-electron chi connectivity index (χ3n) is 5.91. The van der Waals surface area contributed by atoms with Gasteiger partial charge in [0.15, 0.2) is 0 Å². The van der Waals surface area contributed by atoms with Crippen LogP contribution in [-0.4, -0.2) is 24.8 Å². The van der Waals surface area contributed by atoms with E-state index < -0.39 is 6.04 Å². The minimum atomic E-state index is -0.546. The molecule has 1 unspecified atom stereocenters. The largest absolute Gasteiger partial charge is 0.497 e. The molecular formula is C27H27ClN2O2. The van der Waals surface area contributed by atoms with Gasteiger partial charge in [-0.1, -0.05) is 43.6 Å². The Hall–Kier alpha value is -3.11. The van der Waals surface area contributed by atoms with E-state index in [1.54, 1.807) is 13.2 Å². The van der Waals surface area contributed by atoms with Crippen LogP contribution in [0, 0.1) is 0 Å². The Morgan fingerprint density at radius 1 is 0.969 bits per heavy atom. The molecule has 1 aliphatic rings. The van der Waals surface area contributed by atoms with Crippen molar-refractivity contribution in [3.63, 3.8) is 0 Å². The first-order valence-corrected chi connectivity index (χ1v) is 11.3. The first-order chi connectivity index (χ1) is 15.5. The van der Waals surface area contributed by atoms with Crippen LogP contribution in [0.2, 0.25) is 5.02 Å². The monoisotopic (exact) mass is 446 g/mol. The molecular weight excluding hydrogens is 420 g/mol. The van der Waals surface area contributed by atoms with Crippen LogP contribution in [0.15, 0.2) is 65.7 Å². The number of ether oxygens (including phenoxy) is 1. The van der Waals surface area contributed by atoms with Crippen LogP contribution in [0.4, 0.5) is 5.69 Å². The first-order valence-electron chi connectivity index (χ1n) is 11.0. The van der Waals surface area contributed by atoms with Crippen LogP contribution in [0.1, 0.15) is 41.7 Å². The lowest BCUT2D eigenvalue weighted by atomic mass is 9.96. The van der Waals surface area contributed by atoms with Crippen LogP contribution >= 0.6 is 11.6 Å². The maximum absolute atomic E-state index is 13.2. The average Bonchev–Trinajstić information content (AvgIpc) is 2.95. The Labute approximate surface area is 194 Å². The molecule has 1 amide bonds. The maximum Gasteiger partial charge on any atom is 0.249 e. The minimum Gasteiger partial charge on any atom is -0.497 e. The number of aliphatic imine (C=N–C) groups is 1. The van der Waals surface area contributed by atoms with Gasteiger partial charge in [0.1, 0.15) is 11.8 Å². The number of fused-ring (bicyclic) bond motifs is 1. The topological polar surface area (TPSA) is 50.7 Å². The van der Waals surface area contributed by atoms with Gasteiger partial charge in [-0.05, 0) is 72.0 Å². The van der Waals surface area contributed by atoms with Gasteiger partial charge < -0.3 is 10.1 Å². The fourth-order valence-corrected chi connectivity index (χ4v) is 4.31. The molecule has 5 heteroatoms. The number of methoxy groups -OCH3 is 1. The Balaban J connectivity index is 1.77. The Morgan fingerprint density at radius 3 is 2.41 bits per heavy atom. The number of anilines is 1. The number of hydrogen-bond donors (Lipinski definition) is 1. The second-order valence-corrected chi connectivity index (χ2v) is 8.35. The zero-order chi connectivity index (χ0) is 22.7. The molecule has 0 radical (unpaired) electrons. The van der Waals surface area contributed by atoms with Gasteiger partial charge in [0.2, 0.25) is 5.91 Å². The number of halogens is 1. The summed E-state index contributed by atoms with van der Waals surface area (Å²) in [5.74, 6) is 0.651. The summed E-state index contributed by atoms with van der Waals surface area (Å²) in [5, 5.41) is 3.65. The number of nitrogens with one attached hydrogen (secondary N) is 1. The molecule has 0 aliphatic carbocycles. The highest BCUT2D eigenvalue weighted by molar-refractivity contribution is 6.32. The molecule has 3 aromatic carbocycles. The van der Waals surface area contributed by atoms with Gasteiger partial charge in [-0.15, -0.1) is 0 Å². The van der Waals surface area contributed by atoms with Gasteiger partial charge in [0.05, 0.1) is 18.5 Å². The molecule has 1 aliphatic heterocycles. The zero-order valence-corrected chi connectivity index (χ0v) is 19.4. The van der Waals surface area contributed by atoms with Crippen molar-refractivity contribution in [2.45, 2.75) is 39.2 Å². The molecule has 0 saturated heterocycles. The number of carbonyl (C=O) groups excluding carboxylic acids is 1. The predicted octanol–water partition coefficient (Wildman–Crippen LogP) is 5.87. The normalized spacial score (nSPS) is 15.4. The highest BCUT2D eigenvalue weighted by Crippen LogP contribution is 2.29. The standard InChI is InChI=1S/C27H27ClN2O2/c1-4-18-7-6-17(14-19(18)5-2)15-25-27(31)30-24-13-10-21(28)16-23(24)26(29-25)20-8-11-22(32-3)12-9-20/h6-14,16,25H,4-5,15H2,1-3H3,(H,30,31). The fraction of sp³-hybridized carbons (Fsp3) is 0.259. The average molecular weight is 447 g/mol. The van der Waals surface area contributed by atoms with Gasteiger partial charge in [-0.2, -0.15) is 0 Å². The Kier molecular flexibility index (Phi) is 6.61. The third kappa shape index (κ3) is 4.56. The van der Waals surface area contributed by atoms with Crippen LogP contribution < -0.4 is 10.1 Å². The lowest BCUT2D eigenvalue weighted by Crippen LogP contribution is -2.27. The quantitative estimate of drug-likeness (QED) is 0.514. The first kappa shape index (κ1) is 22.1. The molecule has 1 N–H and O–H groups in total. The van der Waals surface area contributed by atoms with Crippen LogP contribution in [0.3, 0.4) is 0 Å². The van der Waals surface area contributed by atoms with E-state index in [1.807, 2.05) is 36.4 Å². The van der Waals surface area contributed by atoms with Gasteiger partial charge in [-0.25, -0.2) is 0 Å². The van der Waals surface area contributed by atoms with Crippen molar-refractivity contribution in [2.75, 3.05) is 12.4 Å². The van der Waals surface area contributed by atoms with Gasteiger partial charge in [0.25, 0.3) is 0 Å². The van der Waals surface area contributed by atoms with E-state index in [0.29, 0.717) is 17.1 Å². The Bertz CT molecular complexity index is 1170. The second kappa shape index (κ2) is 9.58. The number of aryl methyl sites for hydroxylation is 2. The molecule has 0 saturated carbocycles. The van der Waals surface area contributed by atoms with Gasteiger partial charge >= 0.3 is 0 Å². The van der Waals surface area contributed by atoms with Crippen molar-refractivity contribution in [2.24, 2.45) is 4.99 Å². The summed E-state index contributed by atoms with van der Waals surface area (Å²) in [7, 11) is 1.64. The number of amides is 1. The molecule has 1 atom stereocenters. The molecule has 0 aromatic heterocycles. The molecule has 4 nitrogen and oxygen atoms in total. The van der Waals surface area contributed by atoms with E-state index in [2.05, 4.69) is 37.4 Å². The molecule has 32 heavy (non-hydrogen) atoms. The molecule has 0 bridgehead atoms. The van der Waals surface area contributed by atoms with E-state index >= 15 is 0 Å². The number of benzodiazepines with no additional fused rings is 1. The minimum absolute atomic E-state index is 0.116. The molecule has 4 rings (SSSR count). The van der Waals surface area contributed by atoms with Gasteiger partial charge in [-0.3, -0.25) is 9.79 Å². The van der Waals surface area contributed by atoms with Crippen LogP contribution in [0.25, 0.3) is 0 Å². The number of nitrogens with zero attached hydrogens (tertiary/aromatic N) is 1. The SMILES string of the molecule is CCc1ccc(CC2N=C(c3ccc(OC)cc3)c3cc(Cl)ccc3NC2=O)cc1CC.